The Hall–Kier alpha value is -1.94. The lowest BCUT2D eigenvalue weighted by Gasteiger charge is -2.25. The summed E-state index contributed by atoms with van der Waals surface area (Å²) in [5, 5.41) is 3.91. The molecule has 0 atom stereocenters. The van der Waals surface area contributed by atoms with E-state index in [0.29, 0.717) is 0 Å². The molecule has 2 nitrogen and oxygen atoms in total. The van der Waals surface area contributed by atoms with Gasteiger partial charge < -0.3 is 0 Å². The Kier molecular flexibility index (Phi) is 4.97. The third-order valence-corrected chi connectivity index (χ3v) is 5.73. The molecular formula is C21H19ClN2S. The van der Waals surface area contributed by atoms with Gasteiger partial charge in [-0.15, -0.1) is 11.3 Å². The maximum absolute atomic E-state index is 6.28. The second-order valence-electron chi connectivity index (χ2n) is 6.20. The van der Waals surface area contributed by atoms with Gasteiger partial charge in [0.1, 0.15) is 5.01 Å². The third-order valence-electron chi connectivity index (χ3n) is 4.48. The SMILES string of the molecule is Clc1ccccc1-c1nc(CN2CC=C(c3ccccc3)CC2)cs1. The molecule has 0 aliphatic carbocycles. The lowest BCUT2D eigenvalue weighted by molar-refractivity contribution is 0.291. The molecule has 1 aliphatic heterocycles. The van der Waals surface area contributed by atoms with Crippen molar-refractivity contribution in [3.8, 4) is 10.6 Å². The molecule has 4 heteroatoms. The summed E-state index contributed by atoms with van der Waals surface area (Å²) in [5.41, 5.74) is 4.94. The largest absolute Gasteiger partial charge is 0.293 e. The van der Waals surface area contributed by atoms with Gasteiger partial charge in [0.25, 0.3) is 0 Å². The number of aromatic nitrogens is 1. The van der Waals surface area contributed by atoms with Crippen molar-refractivity contribution >= 4 is 28.5 Å². The number of hydrogen-bond donors (Lipinski definition) is 0. The van der Waals surface area contributed by atoms with Gasteiger partial charge in [0.05, 0.1) is 10.7 Å². The molecule has 0 radical (unpaired) electrons. The van der Waals surface area contributed by atoms with Gasteiger partial charge in [0, 0.05) is 30.6 Å². The van der Waals surface area contributed by atoms with Gasteiger partial charge in [-0.25, -0.2) is 4.98 Å². The van der Waals surface area contributed by atoms with Crippen molar-refractivity contribution in [2.45, 2.75) is 13.0 Å². The number of rotatable bonds is 4. The van der Waals surface area contributed by atoms with Gasteiger partial charge in [-0.1, -0.05) is 66.2 Å². The molecule has 4 rings (SSSR count). The first-order chi connectivity index (χ1) is 12.3. The Morgan fingerprint density at radius 1 is 1.04 bits per heavy atom. The summed E-state index contributed by atoms with van der Waals surface area (Å²) in [7, 11) is 0. The zero-order valence-corrected chi connectivity index (χ0v) is 15.4. The molecule has 0 unspecified atom stereocenters. The van der Waals surface area contributed by atoms with Gasteiger partial charge >= 0.3 is 0 Å². The van der Waals surface area contributed by atoms with E-state index in [4.69, 9.17) is 16.6 Å². The van der Waals surface area contributed by atoms with E-state index in [1.54, 1.807) is 11.3 Å². The highest BCUT2D eigenvalue weighted by Crippen LogP contribution is 2.30. The minimum atomic E-state index is 0.761. The molecule has 1 aromatic heterocycles. The van der Waals surface area contributed by atoms with Crippen molar-refractivity contribution in [1.82, 2.24) is 9.88 Å². The fraction of sp³-hybridized carbons (Fsp3) is 0.190. The Balaban J connectivity index is 1.43. The summed E-state index contributed by atoms with van der Waals surface area (Å²) in [6.07, 6.45) is 3.44. The molecule has 0 saturated heterocycles. The number of hydrogen-bond acceptors (Lipinski definition) is 3. The van der Waals surface area contributed by atoms with Crippen molar-refractivity contribution in [1.29, 1.82) is 0 Å². The smallest absolute Gasteiger partial charge is 0.125 e. The molecule has 0 amide bonds. The maximum atomic E-state index is 6.28. The highest BCUT2D eigenvalue weighted by Gasteiger charge is 2.15. The van der Waals surface area contributed by atoms with Gasteiger partial charge in [0.2, 0.25) is 0 Å². The molecule has 0 saturated carbocycles. The van der Waals surface area contributed by atoms with E-state index in [-0.39, 0.29) is 0 Å². The number of nitrogens with zero attached hydrogens (tertiary/aromatic N) is 2. The minimum Gasteiger partial charge on any atom is -0.293 e. The van der Waals surface area contributed by atoms with Crippen LogP contribution in [-0.4, -0.2) is 23.0 Å². The van der Waals surface area contributed by atoms with Crippen molar-refractivity contribution in [2.75, 3.05) is 13.1 Å². The van der Waals surface area contributed by atoms with Crippen LogP contribution in [0.25, 0.3) is 16.1 Å². The van der Waals surface area contributed by atoms with E-state index in [9.17, 15) is 0 Å². The lowest BCUT2D eigenvalue weighted by Crippen LogP contribution is -2.28. The van der Waals surface area contributed by atoms with Gasteiger partial charge in [0.15, 0.2) is 0 Å². The molecular weight excluding hydrogens is 348 g/mol. The van der Waals surface area contributed by atoms with Crippen LogP contribution in [0, 0.1) is 0 Å². The van der Waals surface area contributed by atoms with E-state index in [1.807, 2.05) is 24.3 Å². The highest BCUT2D eigenvalue weighted by atomic mass is 35.5. The number of halogens is 1. The van der Waals surface area contributed by atoms with Crippen molar-refractivity contribution in [3.05, 3.63) is 82.3 Å². The van der Waals surface area contributed by atoms with Crippen LogP contribution in [0.3, 0.4) is 0 Å². The first-order valence-electron chi connectivity index (χ1n) is 8.46. The Morgan fingerprint density at radius 3 is 2.60 bits per heavy atom. The maximum Gasteiger partial charge on any atom is 0.125 e. The summed E-state index contributed by atoms with van der Waals surface area (Å²) >= 11 is 7.95. The summed E-state index contributed by atoms with van der Waals surface area (Å²) in [6.45, 7) is 2.93. The predicted octanol–water partition coefficient (Wildman–Crippen LogP) is 5.75. The van der Waals surface area contributed by atoms with E-state index >= 15 is 0 Å². The number of thiazole rings is 1. The molecule has 2 aromatic carbocycles. The molecule has 2 heterocycles. The molecule has 0 N–H and O–H groups in total. The summed E-state index contributed by atoms with van der Waals surface area (Å²) in [6, 6.07) is 18.6. The highest BCUT2D eigenvalue weighted by molar-refractivity contribution is 7.13. The lowest BCUT2D eigenvalue weighted by atomic mass is 9.99. The molecule has 1 aliphatic rings. The minimum absolute atomic E-state index is 0.761. The summed E-state index contributed by atoms with van der Waals surface area (Å²) < 4.78 is 0. The van der Waals surface area contributed by atoms with Gasteiger partial charge in [-0.3, -0.25) is 4.90 Å². The normalized spacial score (nSPS) is 15.2. The topological polar surface area (TPSA) is 16.1 Å². The fourth-order valence-corrected chi connectivity index (χ4v) is 4.27. The Bertz CT molecular complexity index is 886. The second kappa shape index (κ2) is 7.52. The number of benzene rings is 2. The van der Waals surface area contributed by atoms with Crippen LogP contribution in [0.4, 0.5) is 0 Å². The van der Waals surface area contributed by atoms with E-state index in [1.165, 1.54) is 11.1 Å². The van der Waals surface area contributed by atoms with E-state index in [0.717, 1.165) is 47.3 Å². The predicted molar refractivity (Wildman–Crippen MR) is 107 cm³/mol. The standard InChI is InChI=1S/C21H19ClN2S/c22-20-9-5-4-8-19(20)21-23-18(15-25-21)14-24-12-10-17(11-13-24)16-6-2-1-3-7-16/h1-10,15H,11-14H2. The zero-order chi connectivity index (χ0) is 17.1. The summed E-state index contributed by atoms with van der Waals surface area (Å²) in [5.74, 6) is 0. The van der Waals surface area contributed by atoms with Crippen LogP contribution < -0.4 is 0 Å². The van der Waals surface area contributed by atoms with Crippen LogP contribution in [0.1, 0.15) is 17.7 Å². The molecule has 126 valence electrons. The quantitative estimate of drug-likeness (QED) is 0.584. The van der Waals surface area contributed by atoms with Crippen LogP contribution in [0.5, 0.6) is 0 Å². The molecule has 0 spiro atoms. The van der Waals surface area contributed by atoms with E-state index < -0.39 is 0 Å². The van der Waals surface area contributed by atoms with Crippen LogP contribution in [0.15, 0.2) is 66.1 Å². The molecule has 0 bridgehead atoms. The molecule has 3 aromatic rings. The second-order valence-corrected chi connectivity index (χ2v) is 7.47. The van der Waals surface area contributed by atoms with Crippen molar-refractivity contribution in [2.24, 2.45) is 0 Å². The Morgan fingerprint density at radius 2 is 1.84 bits per heavy atom. The average molecular weight is 367 g/mol. The monoisotopic (exact) mass is 366 g/mol. The van der Waals surface area contributed by atoms with Crippen LogP contribution in [-0.2, 0) is 6.54 Å². The zero-order valence-electron chi connectivity index (χ0n) is 13.9. The first kappa shape index (κ1) is 16.5. The Labute approximate surface area is 157 Å². The third kappa shape index (κ3) is 3.84. The average Bonchev–Trinajstić information content (AvgIpc) is 3.12. The van der Waals surface area contributed by atoms with Crippen LogP contribution in [0.2, 0.25) is 5.02 Å². The fourth-order valence-electron chi connectivity index (χ4n) is 3.14. The van der Waals surface area contributed by atoms with E-state index in [2.05, 4.69) is 46.7 Å². The van der Waals surface area contributed by atoms with Crippen LogP contribution >= 0.6 is 22.9 Å². The van der Waals surface area contributed by atoms with Gasteiger partial charge in [-0.2, -0.15) is 0 Å². The first-order valence-corrected chi connectivity index (χ1v) is 9.71. The molecule has 25 heavy (non-hydrogen) atoms. The molecule has 0 fully saturated rings. The van der Waals surface area contributed by atoms with Gasteiger partial charge in [-0.05, 0) is 23.6 Å². The van der Waals surface area contributed by atoms with Crippen molar-refractivity contribution < 1.29 is 0 Å². The van der Waals surface area contributed by atoms with Crippen molar-refractivity contribution in [3.63, 3.8) is 0 Å². The summed E-state index contributed by atoms with van der Waals surface area (Å²) in [4.78, 5) is 7.23.